The molecule has 0 aliphatic carbocycles. The van der Waals surface area contributed by atoms with Crippen molar-refractivity contribution in [2.45, 2.75) is 15.6 Å². The average Bonchev–Trinajstić information content (AvgIpc) is 1.97. The van der Waals surface area contributed by atoms with E-state index in [1.165, 1.54) is 11.5 Å². The maximum atomic E-state index is 4.23. The van der Waals surface area contributed by atoms with Gasteiger partial charge in [0.25, 0.3) is 0 Å². The van der Waals surface area contributed by atoms with Crippen LogP contribution in [0.4, 0.5) is 0 Å². The van der Waals surface area contributed by atoms with E-state index >= 15 is 0 Å². The van der Waals surface area contributed by atoms with Crippen LogP contribution < -0.4 is 0 Å². The summed E-state index contributed by atoms with van der Waals surface area (Å²) in [6.07, 6.45) is 1.30. The predicted octanol–water partition coefficient (Wildman–Crippen LogP) is 3.71. The van der Waals surface area contributed by atoms with Crippen LogP contribution in [0.5, 0.6) is 0 Å². The van der Waals surface area contributed by atoms with Gasteiger partial charge < -0.3 is 0 Å². The van der Waals surface area contributed by atoms with Crippen LogP contribution >= 0.6 is 72.3 Å². The molecule has 0 saturated carbocycles. The van der Waals surface area contributed by atoms with Crippen molar-refractivity contribution in [1.29, 1.82) is 0 Å². The van der Waals surface area contributed by atoms with E-state index in [-0.39, 0.29) is 0 Å². The fourth-order valence-electron chi connectivity index (χ4n) is 0.808. The zero-order valence-corrected chi connectivity index (χ0v) is 11.6. The van der Waals surface area contributed by atoms with Crippen LogP contribution in [0.1, 0.15) is 6.42 Å². The fraction of sp³-hybridized carbons (Fsp3) is 1.00. The molecule has 0 nitrogen and oxygen atoms in total. The first kappa shape index (κ1) is 12.2. The lowest BCUT2D eigenvalue weighted by atomic mass is 10.5. The smallest absolute Gasteiger partial charge is 0.0537 e. The van der Waals surface area contributed by atoms with E-state index in [1.54, 1.807) is 0 Å². The van der Waals surface area contributed by atoms with E-state index in [0.717, 1.165) is 14.8 Å². The summed E-state index contributed by atoms with van der Waals surface area (Å²) < 4.78 is 1.54. The Hall–Kier alpha value is 2.10. The van der Waals surface area contributed by atoms with Crippen LogP contribution in [0.3, 0.4) is 0 Å². The molecule has 0 N–H and O–H groups in total. The summed E-state index contributed by atoms with van der Waals surface area (Å²) in [6, 6.07) is 0. The number of rotatable bonds is 6. The number of hydrogen-bond donors (Lipinski definition) is 2. The van der Waals surface area contributed by atoms with E-state index in [1.807, 2.05) is 23.5 Å². The summed E-state index contributed by atoms with van der Waals surface area (Å²) in [6.45, 7) is 0. The molecule has 0 aromatic carbocycles. The van der Waals surface area contributed by atoms with Crippen molar-refractivity contribution in [3.63, 3.8) is 0 Å². The first-order chi connectivity index (χ1) is 5.86. The molecule has 0 amide bonds. The van der Waals surface area contributed by atoms with Gasteiger partial charge in [-0.2, -0.15) is 25.3 Å². The van der Waals surface area contributed by atoms with Gasteiger partial charge in [0.15, 0.2) is 0 Å². The fourth-order valence-corrected chi connectivity index (χ4v) is 6.73. The molecule has 0 unspecified atom stereocenters. The third-order valence-electron chi connectivity index (χ3n) is 1.41. The molecule has 72 valence electrons. The van der Waals surface area contributed by atoms with Gasteiger partial charge in [-0.25, -0.2) is 0 Å². The molecule has 1 saturated heterocycles. The third-order valence-corrected chi connectivity index (χ3v) is 7.58. The van der Waals surface area contributed by atoms with Crippen LogP contribution in [-0.4, -0.2) is 24.4 Å². The Balaban J connectivity index is 2.11. The normalized spacial score (nSPS) is 18.2. The Morgan fingerprint density at radius 1 is 1.25 bits per heavy atom. The lowest BCUT2D eigenvalue weighted by Crippen LogP contribution is -2.13. The highest BCUT2D eigenvalue weighted by Gasteiger charge is 2.23. The van der Waals surface area contributed by atoms with Crippen molar-refractivity contribution in [3.05, 3.63) is 0 Å². The SMILES string of the molecule is SCSC(CC1SCS1)SCS. The van der Waals surface area contributed by atoms with E-state index in [0.29, 0.717) is 4.58 Å². The minimum Gasteiger partial charge on any atom is -0.168 e. The van der Waals surface area contributed by atoms with E-state index in [4.69, 9.17) is 0 Å². The molecule has 0 aromatic heterocycles. The van der Waals surface area contributed by atoms with Crippen LogP contribution in [-0.2, 0) is 0 Å². The molecule has 1 aliphatic heterocycles. The quantitative estimate of drug-likeness (QED) is 0.560. The molecule has 1 rings (SSSR count). The molecule has 1 aliphatic rings. The van der Waals surface area contributed by atoms with Gasteiger partial charge >= 0.3 is 0 Å². The largest absolute Gasteiger partial charge is 0.168 e. The summed E-state index contributed by atoms with van der Waals surface area (Å²) >= 11 is 16.5. The Bertz CT molecular complexity index is 109. The van der Waals surface area contributed by atoms with Gasteiger partial charge in [0.2, 0.25) is 0 Å². The van der Waals surface area contributed by atoms with Crippen LogP contribution in [0.15, 0.2) is 0 Å². The highest BCUT2D eigenvalue weighted by molar-refractivity contribution is 8.32. The second kappa shape index (κ2) is 7.40. The van der Waals surface area contributed by atoms with Crippen LogP contribution in [0.25, 0.3) is 0 Å². The first-order valence-electron chi connectivity index (χ1n) is 3.55. The van der Waals surface area contributed by atoms with Gasteiger partial charge in [-0.05, 0) is 6.42 Å². The maximum absolute atomic E-state index is 4.23. The van der Waals surface area contributed by atoms with Crippen molar-refractivity contribution >= 4 is 72.3 Å². The molecule has 0 bridgehead atoms. The highest BCUT2D eigenvalue weighted by atomic mass is 32.3. The van der Waals surface area contributed by atoms with Crippen molar-refractivity contribution in [1.82, 2.24) is 0 Å². The molecule has 0 radical (unpaired) electrons. The molecule has 0 spiro atoms. The summed E-state index contributed by atoms with van der Waals surface area (Å²) in [7, 11) is 0. The average molecular weight is 277 g/mol. The Morgan fingerprint density at radius 3 is 2.17 bits per heavy atom. The lowest BCUT2D eigenvalue weighted by Gasteiger charge is -2.27. The van der Waals surface area contributed by atoms with Crippen LogP contribution in [0, 0.1) is 0 Å². The molecule has 6 heteroatoms. The minimum absolute atomic E-state index is 0.699. The van der Waals surface area contributed by atoms with Crippen molar-refractivity contribution < 1.29 is 0 Å². The standard InChI is InChI=1S/C6H12S6/c7-2-9-5(10-3-8)1-6-11-4-12-6/h5-8H,1-4H2. The molecule has 1 fully saturated rings. The molecule has 12 heavy (non-hydrogen) atoms. The third kappa shape index (κ3) is 4.55. The summed E-state index contributed by atoms with van der Waals surface area (Å²) in [5, 5.41) is 3.13. The number of thiol groups is 2. The summed E-state index contributed by atoms with van der Waals surface area (Å²) in [4.78, 5) is 0. The zero-order chi connectivity index (χ0) is 8.81. The Kier molecular flexibility index (Phi) is 7.50. The van der Waals surface area contributed by atoms with Gasteiger partial charge in [-0.15, -0.1) is 47.0 Å². The summed E-state index contributed by atoms with van der Waals surface area (Å²) in [5.74, 6) is 0. The molecule has 0 aromatic rings. The summed E-state index contributed by atoms with van der Waals surface area (Å²) in [5.41, 5.74) is 0. The van der Waals surface area contributed by atoms with Gasteiger partial charge in [0.1, 0.15) is 0 Å². The highest BCUT2D eigenvalue weighted by Crippen LogP contribution is 2.45. The van der Waals surface area contributed by atoms with Gasteiger partial charge in [0, 0.05) is 15.3 Å². The Labute approximate surface area is 102 Å². The van der Waals surface area contributed by atoms with Crippen molar-refractivity contribution in [3.8, 4) is 0 Å². The van der Waals surface area contributed by atoms with E-state index in [9.17, 15) is 0 Å². The van der Waals surface area contributed by atoms with Gasteiger partial charge in [-0.1, -0.05) is 0 Å². The van der Waals surface area contributed by atoms with E-state index < -0.39 is 0 Å². The van der Waals surface area contributed by atoms with E-state index in [2.05, 4.69) is 48.8 Å². The van der Waals surface area contributed by atoms with Gasteiger partial charge in [-0.3, -0.25) is 0 Å². The lowest BCUT2D eigenvalue weighted by molar-refractivity contribution is 1.03. The second-order valence-electron chi connectivity index (χ2n) is 2.14. The van der Waals surface area contributed by atoms with Crippen LogP contribution in [0.2, 0.25) is 0 Å². The number of hydrogen-bond acceptors (Lipinski definition) is 6. The Morgan fingerprint density at radius 2 is 1.83 bits per heavy atom. The molecule has 1 heterocycles. The van der Waals surface area contributed by atoms with Crippen molar-refractivity contribution in [2.75, 3.05) is 15.3 Å². The maximum Gasteiger partial charge on any atom is 0.0537 e. The first-order valence-corrected chi connectivity index (χ1v) is 9.01. The monoisotopic (exact) mass is 276 g/mol. The predicted molar refractivity (Wildman–Crippen MR) is 75.1 cm³/mol. The minimum atomic E-state index is 0.699. The zero-order valence-electron chi connectivity index (χ0n) is 6.51. The second-order valence-corrected chi connectivity index (χ2v) is 9.35. The van der Waals surface area contributed by atoms with Gasteiger partial charge in [0.05, 0.1) is 9.16 Å². The topological polar surface area (TPSA) is 0 Å². The molecular weight excluding hydrogens is 264 g/mol. The van der Waals surface area contributed by atoms with Crippen molar-refractivity contribution in [2.24, 2.45) is 0 Å². The molecule has 0 atom stereocenters. The molecular formula is C6H12S6. The number of thioether (sulfide) groups is 4.